The number of methoxy groups -OCH3 is 1. The number of carbonyl (C=O) groups is 3. The van der Waals surface area contributed by atoms with Crippen molar-refractivity contribution in [3.05, 3.63) is 0 Å². The number of esters is 2. The van der Waals surface area contributed by atoms with Crippen molar-refractivity contribution in [3.8, 4) is 0 Å². The highest BCUT2D eigenvalue weighted by atomic mass is 16.5. The fourth-order valence-corrected chi connectivity index (χ4v) is 10.4. The Morgan fingerprint density at radius 3 is 2.43 bits per heavy atom. The fourth-order valence-electron chi connectivity index (χ4n) is 10.4. The van der Waals surface area contributed by atoms with Crippen LogP contribution in [-0.2, 0) is 28.6 Å². The Morgan fingerprint density at radius 2 is 1.78 bits per heavy atom. The molecule has 7 nitrogen and oxygen atoms in total. The lowest BCUT2D eigenvalue weighted by Gasteiger charge is -2.55. The van der Waals surface area contributed by atoms with E-state index in [0.29, 0.717) is 38.7 Å². The van der Waals surface area contributed by atoms with Gasteiger partial charge >= 0.3 is 11.9 Å². The molecule has 37 heavy (non-hydrogen) atoms. The maximum Gasteiger partial charge on any atom is 0.305 e. The van der Waals surface area contributed by atoms with E-state index in [0.717, 1.165) is 25.7 Å². The Hall–Kier alpha value is -1.47. The molecule has 1 heterocycles. The molecule has 0 unspecified atom stereocenters. The van der Waals surface area contributed by atoms with Gasteiger partial charge in [0.25, 0.3) is 0 Å². The summed E-state index contributed by atoms with van der Waals surface area (Å²) in [4.78, 5) is 38.5. The molecule has 7 heteroatoms. The molecule has 5 rings (SSSR count). The van der Waals surface area contributed by atoms with Gasteiger partial charge in [0.2, 0.25) is 0 Å². The first kappa shape index (κ1) is 27.1. The van der Waals surface area contributed by atoms with E-state index in [4.69, 9.17) is 14.2 Å². The Labute approximate surface area is 221 Å². The van der Waals surface area contributed by atoms with Gasteiger partial charge in [-0.2, -0.15) is 0 Å². The van der Waals surface area contributed by atoms with E-state index in [9.17, 15) is 19.5 Å². The number of ether oxygens (including phenoxy) is 3. The van der Waals surface area contributed by atoms with Crippen molar-refractivity contribution >= 4 is 17.7 Å². The summed E-state index contributed by atoms with van der Waals surface area (Å²) in [7, 11) is 1.42. The molecule has 0 radical (unpaired) electrons. The summed E-state index contributed by atoms with van der Waals surface area (Å²) in [5.41, 5.74) is -4.29. The van der Waals surface area contributed by atoms with Crippen LogP contribution in [0.5, 0.6) is 0 Å². The third-order valence-corrected chi connectivity index (χ3v) is 12.7. The van der Waals surface area contributed by atoms with Crippen LogP contribution in [-0.4, -0.2) is 53.9 Å². The lowest BCUT2D eigenvalue weighted by atomic mass is 9.52. The number of fused-ring (bicyclic) bond motifs is 2. The van der Waals surface area contributed by atoms with Crippen molar-refractivity contribution in [1.29, 1.82) is 0 Å². The van der Waals surface area contributed by atoms with Crippen molar-refractivity contribution in [1.82, 2.24) is 0 Å². The topological polar surface area (TPSA) is 99.1 Å². The summed E-state index contributed by atoms with van der Waals surface area (Å²) in [5, 5.41) is 12.8. The molecule has 208 valence electrons. The van der Waals surface area contributed by atoms with Gasteiger partial charge in [-0.15, -0.1) is 0 Å². The molecule has 5 fully saturated rings. The quantitative estimate of drug-likeness (QED) is 0.530. The predicted molar refractivity (Wildman–Crippen MR) is 136 cm³/mol. The Bertz CT molecular complexity index is 1010. The Balaban J connectivity index is 1.51. The van der Waals surface area contributed by atoms with Crippen molar-refractivity contribution in [2.75, 3.05) is 13.7 Å². The monoisotopic (exact) mass is 518 g/mol. The second-order valence-corrected chi connectivity index (χ2v) is 14.2. The van der Waals surface area contributed by atoms with Gasteiger partial charge in [-0.3, -0.25) is 14.4 Å². The molecule has 1 N–H and O–H groups in total. The van der Waals surface area contributed by atoms with E-state index in [1.54, 1.807) is 0 Å². The molecule has 5 aliphatic rings. The van der Waals surface area contributed by atoms with E-state index in [2.05, 4.69) is 34.6 Å². The third kappa shape index (κ3) is 3.16. The van der Waals surface area contributed by atoms with Crippen LogP contribution < -0.4 is 0 Å². The van der Waals surface area contributed by atoms with Crippen molar-refractivity contribution < 1.29 is 33.7 Å². The standard InChI is InChI=1S/C30H46O7/c1-18(8-9-23(32)35-7)20-10-13-28-17-36-29(24(28)33)16-21-25(3,4)22(37-19(2)31)11-12-27(21,6)30(29,34)15-14-26(20,28)5/h18,20-22,34H,8-17H2,1-7H3/t18-,20-,21+,22+,26-,27+,28-,29+,30+/m1/s1. The molecule has 4 saturated carbocycles. The molecule has 1 aliphatic heterocycles. The summed E-state index contributed by atoms with van der Waals surface area (Å²) in [5.74, 6) is 0.166. The molecule has 2 bridgehead atoms. The maximum atomic E-state index is 14.8. The van der Waals surface area contributed by atoms with Gasteiger partial charge in [0.05, 0.1) is 19.1 Å². The summed E-state index contributed by atoms with van der Waals surface area (Å²) >= 11 is 0. The summed E-state index contributed by atoms with van der Waals surface area (Å²) < 4.78 is 17.3. The normalized spacial score (nSPS) is 48.4. The van der Waals surface area contributed by atoms with Crippen LogP contribution in [0.4, 0.5) is 0 Å². The first-order valence-corrected chi connectivity index (χ1v) is 14.3. The molecular weight excluding hydrogens is 472 g/mol. The molecule has 2 spiro atoms. The average molecular weight is 519 g/mol. The molecule has 0 aromatic rings. The van der Waals surface area contributed by atoms with Gasteiger partial charge < -0.3 is 19.3 Å². The molecule has 0 amide bonds. The number of aliphatic hydroxyl groups is 1. The first-order valence-electron chi connectivity index (χ1n) is 14.3. The zero-order chi connectivity index (χ0) is 27.2. The molecular formula is C30H46O7. The largest absolute Gasteiger partial charge is 0.469 e. The zero-order valence-electron chi connectivity index (χ0n) is 23.8. The minimum Gasteiger partial charge on any atom is -0.469 e. The number of carbonyl (C=O) groups excluding carboxylic acids is 3. The maximum absolute atomic E-state index is 14.8. The molecule has 4 aliphatic carbocycles. The van der Waals surface area contributed by atoms with Crippen LogP contribution in [0.2, 0.25) is 0 Å². The van der Waals surface area contributed by atoms with Crippen LogP contribution in [0.25, 0.3) is 0 Å². The van der Waals surface area contributed by atoms with Crippen LogP contribution in [0.3, 0.4) is 0 Å². The fraction of sp³-hybridized carbons (Fsp3) is 0.900. The van der Waals surface area contributed by atoms with Crippen molar-refractivity contribution in [3.63, 3.8) is 0 Å². The van der Waals surface area contributed by atoms with Crippen molar-refractivity contribution in [2.45, 2.75) is 117 Å². The SMILES string of the molecule is COC(=O)CC[C@@H](C)[C@H]1CC[C@]23CO[C@@]4(C[C@H]5C(C)(C)[C@@H](OC(C)=O)CC[C@]5(C)[C@@]4(O)CC[C@]12C)C3=O. The number of ketones is 1. The first-order chi connectivity index (χ1) is 17.2. The lowest BCUT2D eigenvalue weighted by molar-refractivity contribution is -0.211. The molecule has 9 atom stereocenters. The molecule has 0 aromatic carbocycles. The van der Waals surface area contributed by atoms with Gasteiger partial charge in [0.1, 0.15) is 11.7 Å². The Kier molecular flexibility index (Phi) is 6.06. The minimum absolute atomic E-state index is 0.0114. The highest BCUT2D eigenvalue weighted by Crippen LogP contribution is 2.76. The second-order valence-electron chi connectivity index (χ2n) is 14.2. The molecule has 0 aromatic heterocycles. The third-order valence-electron chi connectivity index (χ3n) is 12.7. The number of hydrogen-bond donors (Lipinski definition) is 1. The van der Waals surface area contributed by atoms with Gasteiger partial charge in [-0.1, -0.05) is 34.6 Å². The highest BCUT2D eigenvalue weighted by molar-refractivity contribution is 5.98. The van der Waals surface area contributed by atoms with Crippen LogP contribution in [0, 0.1) is 39.4 Å². The predicted octanol–water partition coefficient (Wildman–Crippen LogP) is 4.62. The lowest BCUT2D eigenvalue weighted by Crippen LogP contribution is -2.62. The van der Waals surface area contributed by atoms with Crippen LogP contribution >= 0.6 is 0 Å². The van der Waals surface area contributed by atoms with Gasteiger partial charge in [-0.25, -0.2) is 0 Å². The number of rotatable bonds is 5. The van der Waals surface area contributed by atoms with E-state index in [-0.39, 0.29) is 47.0 Å². The summed E-state index contributed by atoms with van der Waals surface area (Å²) in [6, 6.07) is 0. The zero-order valence-corrected chi connectivity index (χ0v) is 23.8. The summed E-state index contributed by atoms with van der Waals surface area (Å²) in [6.07, 6.45) is 5.71. The molecule has 1 saturated heterocycles. The number of Topliss-reactive ketones (excluding diaryl/α,β-unsaturated/α-hetero) is 1. The van der Waals surface area contributed by atoms with Crippen LogP contribution in [0.15, 0.2) is 0 Å². The average Bonchev–Trinajstić information content (AvgIpc) is 3.36. The van der Waals surface area contributed by atoms with Crippen LogP contribution in [0.1, 0.15) is 99.3 Å². The van der Waals surface area contributed by atoms with E-state index in [1.807, 2.05) is 0 Å². The van der Waals surface area contributed by atoms with Gasteiger partial charge in [-0.05, 0) is 74.5 Å². The number of hydrogen-bond acceptors (Lipinski definition) is 7. The van der Waals surface area contributed by atoms with Gasteiger partial charge in [0, 0.05) is 24.2 Å². The Morgan fingerprint density at radius 1 is 1.08 bits per heavy atom. The van der Waals surface area contributed by atoms with Gasteiger partial charge in [0.15, 0.2) is 11.4 Å². The second kappa shape index (κ2) is 8.27. The van der Waals surface area contributed by atoms with E-state index < -0.39 is 27.4 Å². The van der Waals surface area contributed by atoms with E-state index in [1.165, 1.54) is 14.0 Å². The minimum atomic E-state index is -1.27. The van der Waals surface area contributed by atoms with E-state index >= 15 is 0 Å². The van der Waals surface area contributed by atoms with Crippen molar-refractivity contribution in [2.24, 2.45) is 39.4 Å². The highest BCUT2D eigenvalue weighted by Gasteiger charge is 2.84. The summed E-state index contributed by atoms with van der Waals surface area (Å²) in [6.45, 7) is 12.7. The smallest absolute Gasteiger partial charge is 0.305 e.